The fraction of sp³-hybridized carbons (Fsp3) is 0.857. The van der Waals surface area contributed by atoms with Gasteiger partial charge in [-0.05, 0) is 39.5 Å². The predicted octanol–water partition coefficient (Wildman–Crippen LogP) is 3.04. The maximum atomic E-state index is 12.5. The average molecular weight is 380 g/mol. The molecule has 0 aliphatic heterocycles. The van der Waals surface area contributed by atoms with E-state index in [-0.39, 0.29) is 0 Å². The number of aliphatic hydroxyl groups is 1. The molecule has 1 fully saturated rings. The Morgan fingerprint density at radius 2 is 1.44 bits per heavy atom. The van der Waals surface area contributed by atoms with Crippen LogP contribution in [0.4, 0.5) is 26.3 Å². The van der Waals surface area contributed by atoms with Crippen molar-refractivity contribution in [2.24, 2.45) is 0 Å². The van der Waals surface area contributed by atoms with Gasteiger partial charge < -0.3 is 14.6 Å². The Morgan fingerprint density at radius 3 is 1.84 bits per heavy atom. The van der Waals surface area contributed by atoms with Crippen LogP contribution in [0.15, 0.2) is 0 Å². The first-order valence-electron chi connectivity index (χ1n) is 7.44. The predicted molar refractivity (Wildman–Crippen MR) is 70.2 cm³/mol. The van der Waals surface area contributed by atoms with Crippen LogP contribution >= 0.6 is 0 Å². The van der Waals surface area contributed by atoms with E-state index >= 15 is 0 Å². The first kappa shape index (κ1) is 21.5. The highest BCUT2D eigenvalue weighted by atomic mass is 19.4. The Kier molecular flexibility index (Phi) is 6.03. The number of ether oxygens (including phenoxy) is 2. The molecule has 1 N–H and O–H groups in total. The highest BCUT2D eigenvalue weighted by Crippen LogP contribution is 2.44. The molecule has 0 saturated heterocycles. The van der Waals surface area contributed by atoms with Gasteiger partial charge in [0.25, 0.3) is 0 Å². The SMILES string of the molecule is CC(OC(=O)C(O)(C(F)(F)F)C(F)(F)F)C(=O)OC1(C)CCCCC1. The maximum absolute atomic E-state index is 12.5. The summed E-state index contributed by atoms with van der Waals surface area (Å²) in [6.07, 6.45) is -11.5. The van der Waals surface area contributed by atoms with Crippen LogP contribution < -0.4 is 0 Å². The molecule has 1 unspecified atom stereocenters. The van der Waals surface area contributed by atoms with Crippen LogP contribution in [0.2, 0.25) is 0 Å². The van der Waals surface area contributed by atoms with E-state index in [1.54, 1.807) is 6.92 Å². The van der Waals surface area contributed by atoms with E-state index < -0.39 is 41.6 Å². The minimum absolute atomic E-state index is 0.467. The van der Waals surface area contributed by atoms with Gasteiger partial charge in [-0.2, -0.15) is 26.3 Å². The van der Waals surface area contributed by atoms with E-state index in [2.05, 4.69) is 4.74 Å². The first-order chi connectivity index (χ1) is 11.1. The fourth-order valence-electron chi connectivity index (χ4n) is 2.41. The largest absolute Gasteiger partial charge is 0.457 e. The summed E-state index contributed by atoms with van der Waals surface area (Å²) in [4.78, 5) is 23.2. The standard InChI is InChI=1S/C14H18F6O5/c1-8(9(21)25-11(2)6-4-3-5-7-11)24-10(22)12(23,13(15,16)17)14(18,19)20/h8,23H,3-7H2,1-2H3. The number of carbonyl (C=O) groups is 2. The second-order valence-electron chi connectivity index (χ2n) is 6.19. The molecule has 0 radical (unpaired) electrons. The Bertz CT molecular complexity index is 493. The van der Waals surface area contributed by atoms with Gasteiger partial charge in [-0.1, -0.05) is 6.42 Å². The van der Waals surface area contributed by atoms with Crippen LogP contribution in [-0.2, 0) is 19.1 Å². The zero-order valence-electron chi connectivity index (χ0n) is 13.5. The lowest BCUT2D eigenvalue weighted by molar-refractivity contribution is -0.357. The summed E-state index contributed by atoms with van der Waals surface area (Å²) in [5.74, 6) is -4.32. The van der Waals surface area contributed by atoms with Crippen molar-refractivity contribution in [3.05, 3.63) is 0 Å². The van der Waals surface area contributed by atoms with Gasteiger partial charge in [0.05, 0.1) is 0 Å². The fourth-order valence-corrected chi connectivity index (χ4v) is 2.41. The van der Waals surface area contributed by atoms with Crippen molar-refractivity contribution < 1.29 is 50.5 Å². The molecule has 0 bridgehead atoms. The van der Waals surface area contributed by atoms with Crippen LogP contribution in [0.25, 0.3) is 0 Å². The third kappa shape index (κ3) is 4.56. The van der Waals surface area contributed by atoms with E-state index in [1.165, 1.54) is 0 Å². The van der Waals surface area contributed by atoms with E-state index in [0.29, 0.717) is 12.8 Å². The van der Waals surface area contributed by atoms with E-state index in [1.807, 2.05) is 0 Å². The molecule has 0 aromatic carbocycles. The zero-order chi connectivity index (χ0) is 19.7. The molecule has 0 aromatic rings. The number of hydrogen-bond acceptors (Lipinski definition) is 5. The first-order valence-corrected chi connectivity index (χ1v) is 7.44. The van der Waals surface area contributed by atoms with Gasteiger partial charge in [-0.15, -0.1) is 0 Å². The molecule has 146 valence electrons. The highest BCUT2D eigenvalue weighted by Gasteiger charge is 2.77. The molecule has 0 amide bonds. The number of esters is 2. The smallest absolute Gasteiger partial charge is 0.437 e. The third-order valence-corrected chi connectivity index (χ3v) is 3.99. The van der Waals surface area contributed by atoms with Crippen molar-refractivity contribution in [3.63, 3.8) is 0 Å². The molecule has 1 aliphatic rings. The second-order valence-corrected chi connectivity index (χ2v) is 6.19. The van der Waals surface area contributed by atoms with Crippen molar-refractivity contribution in [1.82, 2.24) is 0 Å². The van der Waals surface area contributed by atoms with Crippen molar-refractivity contribution in [2.75, 3.05) is 0 Å². The summed E-state index contributed by atoms with van der Waals surface area (Å²) in [6, 6.07) is 0. The van der Waals surface area contributed by atoms with Gasteiger partial charge in [0, 0.05) is 0 Å². The van der Waals surface area contributed by atoms with Crippen LogP contribution in [0.5, 0.6) is 0 Å². The molecule has 25 heavy (non-hydrogen) atoms. The molecule has 0 aromatic heterocycles. The molecule has 5 nitrogen and oxygen atoms in total. The maximum Gasteiger partial charge on any atom is 0.437 e. The van der Waals surface area contributed by atoms with Crippen molar-refractivity contribution in [1.29, 1.82) is 0 Å². The van der Waals surface area contributed by atoms with Gasteiger partial charge in [0.2, 0.25) is 0 Å². The molecule has 11 heteroatoms. The lowest BCUT2D eigenvalue weighted by atomic mass is 9.86. The molecule has 1 rings (SSSR count). The Labute approximate surface area is 139 Å². The topological polar surface area (TPSA) is 72.8 Å². The van der Waals surface area contributed by atoms with Crippen LogP contribution in [0, 0.1) is 0 Å². The average Bonchev–Trinajstić information content (AvgIpc) is 2.43. The number of hydrogen-bond donors (Lipinski definition) is 1. The molecule has 0 heterocycles. The molecule has 0 spiro atoms. The van der Waals surface area contributed by atoms with Gasteiger partial charge in [-0.25, -0.2) is 9.59 Å². The summed E-state index contributed by atoms with van der Waals surface area (Å²) in [5, 5.41) is 8.88. The summed E-state index contributed by atoms with van der Waals surface area (Å²) >= 11 is 0. The number of carbonyl (C=O) groups excluding carboxylic acids is 2. The minimum Gasteiger partial charge on any atom is -0.457 e. The summed E-state index contributed by atoms with van der Waals surface area (Å²) in [6.45, 7) is 2.33. The number of alkyl halides is 6. The van der Waals surface area contributed by atoms with Gasteiger partial charge >= 0.3 is 29.9 Å². The van der Waals surface area contributed by atoms with Gasteiger partial charge in [0.1, 0.15) is 5.60 Å². The molecule has 1 saturated carbocycles. The van der Waals surface area contributed by atoms with E-state index in [4.69, 9.17) is 9.84 Å². The lowest BCUT2D eigenvalue weighted by Gasteiger charge is -2.34. The summed E-state index contributed by atoms with van der Waals surface area (Å²) in [7, 11) is 0. The Balaban J connectivity index is 2.85. The minimum atomic E-state index is -6.37. The normalized spacial score (nSPS) is 19.9. The van der Waals surface area contributed by atoms with Gasteiger partial charge in [0.15, 0.2) is 6.10 Å². The van der Waals surface area contributed by atoms with Crippen molar-refractivity contribution >= 4 is 11.9 Å². The Morgan fingerprint density at radius 1 is 1.00 bits per heavy atom. The molecular weight excluding hydrogens is 362 g/mol. The number of rotatable bonds is 4. The summed E-state index contributed by atoms with van der Waals surface area (Å²) < 4.78 is 84.3. The second kappa shape index (κ2) is 7.00. The van der Waals surface area contributed by atoms with E-state index in [9.17, 15) is 35.9 Å². The lowest BCUT2D eigenvalue weighted by Crippen LogP contribution is -2.63. The van der Waals surface area contributed by atoms with Gasteiger partial charge in [-0.3, -0.25) is 0 Å². The van der Waals surface area contributed by atoms with Crippen LogP contribution in [0.3, 0.4) is 0 Å². The quantitative estimate of drug-likeness (QED) is 0.600. The number of halogens is 6. The van der Waals surface area contributed by atoms with Crippen molar-refractivity contribution in [2.45, 2.75) is 75.6 Å². The van der Waals surface area contributed by atoms with Crippen LogP contribution in [0.1, 0.15) is 46.0 Å². The molecular formula is C14H18F6O5. The van der Waals surface area contributed by atoms with Crippen LogP contribution in [-0.4, -0.2) is 46.7 Å². The Hall–Kier alpha value is -1.52. The van der Waals surface area contributed by atoms with E-state index in [0.717, 1.165) is 26.2 Å². The highest BCUT2D eigenvalue weighted by molar-refractivity contribution is 5.85. The molecule has 1 atom stereocenters. The monoisotopic (exact) mass is 380 g/mol. The van der Waals surface area contributed by atoms with Crippen molar-refractivity contribution in [3.8, 4) is 0 Å². The zero-order valence-corrected chi connectivity index (χ0v) is 13.5. The molecule has 1 aliphatic carbocycles. The third-order valence-electron chi connectivity index (χ3n) is 3.99. The summed E-state index contributed by atoms with van der Waals surface area (Å²) in [5.41, 5.74) is -6.66.